The summed E-state index contributed by atoms with van der Waals surface area (Å²) in [7, 11) is 0. The number of hydrogen-bond donors (Lipinski definition) is 3. The van der Waals surface area contributed by atoms with Crippen molar-refractivity contribution in [2.75, 3.05) is 6.61 Å². The van der Waals surface area contributed by atoms with Crippen molar-refractivity contribution >= 4 is 6.03 Å². The zero-order valence-electron chi connectivity index (χ0n) is 12.2. The van der Waals surface area contributed by atoms with Crippen molar-refractivity contribution in [2.45, 2.75) is 51.6 Å². The van der Waals surface area contributed by atoms with Gasteiger partial charge < -0.3 is 20.2 Å². The molecule has 1 aromatic rings. The van der Waals surface area contributed by atoms with E-state index in [-0.39, 0.29) is 24.7 Å². The molecule has 5 heteroatoms. The van der Waals surface area contributed by atoms with E-state index in [1.165, 1.54) is 0 Å². The van der Waals surface area contributed by atoms with Gasteiger partial charge in [-0.1, -0.05) is 13.8 Å². The highest BCUT2D eigenvalue weighted by Gasteiger charge is 2.25. The molecular weight excluding hydrogens is 256 g/mol. The van der Waals surface area contributed by atoms with Crippen molar-refractivity contribution in [1.82, 2.24) is 10.6 Å². The summed E-state index contributed by atoms with van der Waals surface area (Å²) in [6.07, 6.45) is 5.17. The van der Waals surface area contributed by atoms with Gasteiger partial charge in [-0.3, -0.25) is 0 Å². The SMILES string of the molecule is CC(C)C(CCO)NC(=O)NC1CCCc2occc21. The van der Waals surface area contributed by atoms with Gasteiger partial charge in [-0.15, -0.1) is 0 Å². The summed E-state index contributed by atoms with van der Waals surface area (Å²) in [5, 5.41) is 15.0. The molecule has 0 spiro atoms. The normalized spacial score (nSPS) is 19.5. The Kier molecular flexibility index (Phi) is 5.06. The minimum absolute atomic E-state index is 0.00703. The highest BCUT2D eigenvalue weighted by Crippen LogP contribution is 2.30. The van der Waals surface area contributed by atoms with E-state index in [0.29, 0.717) is 12.3 Å². The molecular formula is C15H24N2O3. The van der Waals surface area contributed by atoms with Gasteiger partial charge in [-0.05, 0) is 31.2 Å². The van der Waals surface area contributed by atoms with Crippen LogP contribution < -0.4 is 10.6 Å². The van der Waals surface area contributed by atoms with Crippen LogP contribution in [0.3, 0.4) is 0 Å². The zero-order valence-corrected chi connectivity index (χ0v) is 12.2. The van der Waals surface area contributed by atoms with Gasteiger partial charge >= 0.3 is 6.03 Å². The van der Waals surface area contributed by atoms with Crippen LogP contribution in [0.4, 0.5) is 4.79 Å². The second-order valence-corrected chi connectivity index (χ2v) is 5.72. The molecule has 3 N–H and O–H groups in total. The monoisotopic (exact) mass is 280 g/mol. The van der Waals surface area contributed by atoms with Crippen LogP contribution in [0.1, 0.15) is 50.5 Å². The lowest BCUT2D eigenvalue weighted by Crippen LogP contribution is -2.46. The molecule has 0 aromatic carbocycles. The summed E-state index contributed by atoms with van der Waals surface area (Å²) < 4.78 is 5.42. The van der Waals surface area contributed by atoms with E-state index in [4.69, 9.17) is 9.52 Å². The number of aryl methyl sites for hydroxylation is 1. The molecule has 5 nitrogen and oxygen atoms in total. The summed E-state index contributed by atoms with van der Waals surface area (Å²) >= 11 is 0. The predicted octanol–water partition coefficient (Wildman–Crippen LogP) is 2.36. The number of nitrogens with one attached hydrogen (secondary N) is 2. The van der Waals surface area contributed by atoms with Crippen LogP contribution in [0.5, 0.6) is 0 Å². The van der Waals surface area contributed by atoms with E-state index >= 15 is 0 Å². The maximum absolute atomic E-state index is 12.1. The molecule has 2 atom stereocenters. The number of urea groups is 1. The molecule has 1 heterocycles. The number of rotatable bonds is 5. The molecule has 20 heavy (non-hydrogen) atoms. The van der Waals surface area contributed by atoms with Crippen LogP contribution in [0.15, 0.2) is 16.7 Å². The molecule has 1 aromatic heterocycles. The van der Waals surface area contributed by atoms with Gasteiger partial charge in [0, 0.05) is 24.6 Å². The van der Waals surface area contributed by atoms with Gasteiger partial charge in [-0.25, -0.2) is 4.79 Å². The Morgan fingerprint density at radius 3 is 3.05 bits per heavy atom. The van der Waals surface area contributed by atoms with Crippen molar-refractivity contribution in [3.63, 3.8) is 0 Å². The van der Waals surface area contributed by atoms with Gasteiger partial charge in [0.05, 0.1) is 12.3 Å². The largest absolute Gasteiger partial charge is 0.469 e. The Morgan fingerprint density at radius 1 is 1.55 bits per heavy atom. The first kappa shape index (κ1) is 14.9. The number of furan rings is 1. The van der Waals surface area contributed by atoms with Gasteiger partial charge in [0.2, 0.25) is 0 Å². The Bertz CT molecular complexity index is 442. The molecule has 2 amide bonds. The lowest BCUT2D eigenvalue weighted by molar-refractivity contribution is 0.215. The highest BCUT2D eigenvalue weighted by atomic mass is 16.3. The van der Waals surface area contributed by atoms with Crippen LogP contribution >= 0.6 is 0 Å². The molecule has 1 aliphatic carbocycles. The highest BCUT2D eigenvalue weighted by molar-refractivity contribution is 5.74. The molecule has 2 unspecified atom stereocenters. The van der Waals surface area contributed by atoms with Crippen LogP contribution in [0.25, 0.3) is 0 Å². The average Bonchev–Trinajstić information content (AvgIpc) is 2.87. The average molecular weight is 280 g/mol. The first-order valence-corrected chi connectivity index (χ1v) is 7.36. The zero-order chi connectivity index (χ0) is 14.5. The second kappa shape index (κ2) is 6.79. The van der Waals surface area contributed by atoms with Gasteiger partial charge in [0.1, 0.15) is 5.76 Å². The van der Waals surface area contributed by atoms with Gasteiger partial charge in [-0.2, -0.15) is 0 Å². The molecule has 1 aliphatic rings. The smallest absolute Gasteiger partial charge is 0.315 e. The third-order valence-corrected chi connectivity index (χ3v) is 3.92. The minimum atomic E-state index is -0.170. The summed E-state index contributed by atoms with van der Waals surface area (Å²) in [5.74, 6) is 1.28. The molecule has 0 saturated heterocycles. The van der Waals surface area contributed by atoms with E-state index < -0.39 is 0 Å². The van der Waals surface area contributed by atoms with Gasteiger partial charge in [0.15, 0.2) is 0 Å². The second-order valence-electron chi connectivity index (χ2n) is 5.72. The predicted molar refractivity (Wildman–Crippen MR) is 76.4 cm³/mol. The number of aliphatic hydroxyl groups is 1. The first-order chi connectivity index (χ1) is 9.61. The summed E-state index contributed by atoms with van der Waals surface area (Å²) in [4.78, 5) is 12.1. The Hall–Kier alpha value is -1.49. The van der Waals surface area contributed by atoms with Crippen molar-refractivity contribution in [2.24, 2.45) is 5.92 Å². The van der Waals surface area contributed by atoms with Crippen molar-refractivity contribution in [1.29, 1.82) is 0 Å². The van der Waals surface area contributed by atoms with Gasteiger partial charge in [0.25, 0.3) is 0 Å². The van der Waals surface area contributed by atoms with E-state index in [2.05, 4.69) is 10.6 Å². The van der Waals surface area contributed by atoms with E-state index in [1.807, 2.05) is 19.9 Å². The molecule has 0 bridgehead atoms. The number of carbonyl (C=O) groups is 1. The van der Waals surface area contributed by atoms with E-state index in [9.17, 15) is 4.79 Å². The summed E-state index contributed by atoms with van der Waals surface area (Å²) in [6.45, 7) is 4.16. The summed E-state index contributed by atoms with van der Waals surface area (Å²) in [5.41, 5.74) is 1.09. The lowest BCUT2D eigenvalue weighted by Gasteiger charge is -2.26. The maximum atomic E-state index is 12.1. The number of hydrogen-bond acceptors (Lipinski definition) is 3. The Balaban J connectivity index is 1.92. The van der Waals surface area contributed by atoms with Crippen molar-refractivity contribution in [3.8, 4) is 0 Å². The molecule has 0 aliphatic heterocycles. The first-order valence-electron chi connectivity index (χ1n) is 7.36. The molecule has 0 fully saturated rings. The van der Waals surface area contributed by atoms with E-state index in [1.54, 1.807) is 6.26 Å². The van der Waals surface area contributed by atoms with Crippen LogP contribution in [-0.4, -0.2) is 23.8 Å². The number of amides is 2. The molecule has 0 saturated carbocycles. The standard InChI is InChI=1S/C15H24N2O3/c1-10(2)12(6-8-18)16-15(19)17-13-4-3-5-14-11(13)7-9-20-14/h7,9-10,12-13,18H,3-6,8H2,1-2H3,(H2,16,17,19). The molecule has 112 valence electrons. The quantitative estimate of drug-likeness (QED) is 0.775. The molecule has 2 rings (SSSR count). The maximum Gasteiger partial charge on any atom is 0.315 e. The van der Waals surface area contributed by atoms with Crippen molar-refractivity contribution in [3.05, 3.63) is 23.7 Å². The third-order valence-electron chi connectivity index (χ3n) is 3.92. The molecule has 0 radical (unpaired) electrons. The Labute approximate surface area is 119 Å². The van der Waals surface area contributed by atoms with Crippen molar-refractivity contribution < 1.29 is 14.3 Å². The van der Waals surface area contributed by atoms with Crippen LogP contribution in [0, 0.1) is 5.92 Å². The third kappa shape index (κ3) is 3.54. The van der Waals surface area contributed by atoms with Crippen LogP contribution in [0.2, 0.25) is 0 Å². The minimum Gasteiger partial charge on any atom is -0.469 e. The van der Waals surface area contributed by atoms with E-state index in [0.717, 1.165) is 30.6 Å². The fourth-order valence-corrected chi connectivity index (χ4v) is 2.72. The Morgan fingerprint density at radius 2 is 2.35 bits per heavy atom. The lowest BCUT2D eigenvalue weighted by atomic mass is 9.93. The fraction of sp³-hybridized carbons (Fsp3) is 0.667. The number of aliphatic hydroxyl groups excluding tert-OH is 1. The van der Waals surface area contributed by atoms with Crippen LogP contribution in [-0.2, 0) is 6.42 Å². The summed E-state index contributed by atoms with van der Waals surface area (Å²) in [6, 6.07) is 1.79. The fourth-order valence-electron chi connectivity index (χ4n) is 2.72. The topological polar surface area (TPSA) is 74.5 Å². The number of fused-ring (bicyclic) bond motifs is 1. The number of carbonyl (C=O) groups excluding carboxylic acids is 1.